The number of nitrogens with one attached hydrogen (secondary N) is 1. The largest absolute Gasteiger partial charge is 0.490 e. The van der Waals surface area contributed by atoms with Crippen LogP contribution >= 0.6 is 0 Å². The molecule has 1 aromatic heterocycles. The minimum absolute atomic E-state index is 0.752. The third kappa shape index (κ3) is 4.38. The van der Waals surface area contributed by atoms with Crippen LogP contribution in [-0.4, -0.2) is 29.0 Å². The van der Waals surface area contributed by atoms with Crippen molar-refractivity contribution >= 4 is 0 Å². The van der Waals surface area contributed by atoms with Crippen molar-refractivity contribution in [3.8, 4) is 5.75 Å². The maximum atomic E-state index is 5.59. The van der Waals surface area contributed by atoms with E-state index in [9.17, 15) is 0 Å². The van der Waals surface area contributed by atoms with Crippen molar-refractivity contribution in [2.45, 2.75) is 44.6 Å². The van der Waals surface area contributed by atoms with Crippen molar-refractivity contribution in [1.29, 1.82) is 0 Å². The molecule has 2 rings (SSSR count). The summed E-state index contributed by atoms with van der Waals surface area (Å²) in [6.45, 7) is 1.83. The lowest BCUT2D eigenvalue weighted by molar-refractivity contribution is 0.296. The molecule has 0 unspecified atom stereocenters. The van der Waals surface area contributed by atoms with Gasteiger partial charge >= 0.3 is 0 Å². The van der Waals surface area contributed by atoms with Gasteiger partial charge in [0.2, 0.25) is 0 Å². The van der Waals surface area contributed by atoms with E-state index >= 15 is 0 Å². The molecule has 1 heterocycles. The Morgan fingerprint density at radius 3 is 2.94 bits per heavy atom. The molecule has 1 aromatic rings. The Morgan fingerprint density at radius 1 is 1.41 bits per heavy atom. The van der Waals surface area contributed by atoms with Crippen LogP contribution in [0.5, 0.6) is 5.75 Å². The summed E-state index contributed by atoms with van der Waals surface area (Å²) in [7, 11) is 1.90. The van der Waals surface area contributed by atoms with Gasteiger partial charge in [-0.05, 0) is 25.8 Å². The molecule has 0 amide bonds. The van der Waals surface area contributed by atoms with Crippen LogP contribution in [0.25, 0.3) is 0 Å². The van der Waals surface area contributed by atoms with Crippen LogP contribution in [0.1, 0.15) is 38.5 Å². The SMILES string of the molecule is Cn1cc(OCCCNC2CCCCC2)cn1. The summed E-state index contributed by atoms with van der Waals surface area (Å²) in [4.78, 5) is 0. The average Bonchev–Trinajstić information content (AvgIpc) is 2.76. The van der Waals surface area contributed by atoms with Crippen LogP contribution in [0.3, 0.4) is 0 Å². The van der Waals surface area contributed by atoms with E-state index < -0.39 is 0 Å². The standard InChI is InChI=1S/C13H23N3O/c1-16-11-13(10-15-16)17-9-5-8-14-12-6-3-2-4-7-12/h10-12,14H,2-9H2,1H3. The van der Waals surface area contributed by atoms with Gasteiger partial charge in [-0.25, -0.2) is 0 Å². The zero-order chi connectivity index (χ0) is 11.9. The van der Waals surface area contributed by atoms with Crippen LogP contribution in [0.4, 0.5) is 0 Å². The van der Waals surface area contributed by atoms with Crippen LogP contribution in [-0.2, 0) is 7.05 Å². The minimum Gasteiger partial charge on any atom is -0.490 e. The van der Waals surface area contributed by atoms with E-state index in [0.29, 0.717) is 0 Å². The topological polar surface area (TPSA) is 39.1 Å². The predicted molar refractivity (Wildman–Crippen MR) is 68.2 cm³/mol. The van der Waals surface area contributed by atoms with Gasteiger partial charge in [0.05, 0.1) is 19.0 Å². The van der Waals surface area contributed by atoms with E-state index in [4.69, 9.17) is 4.74 Å². The number of nitrogens with zero attached hydrogens (tertiary/aromatic N) is 2. The van der Waals surface area contributed by atoms with Gasteiger partial charge in [0, 0.05) is 13.1 Å². The highest BCUT2D eigenvalue weighted by Gasteiger charge is 2.11. The number of rotatable bonds is 6. The highest BCUT2D eigenvalue weighted by atomic mass is 16.5. The number of hydrogen-bond donors (Lipinski definition) is 1. The normalized spacial score (nSPS) is 17.2. The minimum atomic E-state index is 0.752. The third-order valence-corrected chi connectivity index (χ3v) is 3.31. The van der Waals surface area contributed by atoms with Crippen LogP contribution in [0.2, 0.25) is 0 Å². The maximum absolute atomic E-state index is 5.59. The second-order valence-corrected chi connectivity index (χ2v) is 4.84. The average molecular weight is 237 g/mol. The molecule has 0 spiro atoms. The van der Waals surface area contributed by atoms with Crippen LogP contribution in [0, 0.1) is 0 Å². The molecule has 4 heteroatoms. The van der Waals surface area contributed by atoms with E-state index in [1.807, 2.05) is 13.2 Å². The molecule has 96 valence electrons. The predicted octanol–water partition coefficient (Wildman–Crippen LogP) is 2.11. The highest BCUT2D eigenvalue weighted by molar-refractivity contribution is 5.10. The van der Waals surface area contributed by atoms with Gasteiger partial charge in [0.25, 0.3) is 0 Å². The summed E-state index contributed by atoms with van der Waals surface area (Å²) in [6.07, 6.45) is 11.6. The Labute approximate surface area is 103 Å². The highest BCUT2D eigenvalue weighted by Crippen LogP contribution is 2.17. The second kappa shape index (κ2) is 6.64. The lowest BCUT2D eigenvalue weighted by Gasteiger charge is -2.22. The van der Waals surface area contributed by atoms with E-state index in [0.717, 1.165) is 31.4 Å². The van der Waals surface area contributed by atoms with Gasteiger partial charge in [-0.15, -0.1) is 0 Å². The van der Waals surface area contributed by atoms with Crippen LogP contribution in [0.15, 0.2) is 12.4 Å². The molecule has 0 radical (unpaired) electrons. The summed E-state index contributed by atoms with van der Waals surface area (Å²) in [5.74, 6) is 0.866. The summed E-state index contributed by atoms with van der Waals surface area (Å²) in [6, 6.07) is 0.752. The van der Waals surface area contributed by atoms with Crippen molar-refractivity contribution < 1.29 is 4.74 Å². The molecule has 1 N–H and O–H groups in total. The number of aromatic nitrogens is 2. The quantitative estimate of drug-likeness (QED) is 0.770. The van der Waals surface area contributed by atoms with Gasteiger partial charge in [-0.1, -0.05) is 19.3 Å². The molecule has 0 bridgehead atoms. The van der Waals surface area contributed by atoms with Crippen molar-refractivity contribution in [1.82, 2.24) is 15.1 Å². The zero-order valence-corrected chi connectivity index (χ0v) is 10.7. The molecule has 1 saturated carbocycles. The van der Waals surface area contributed by atoms with Crippen molar-refractivity contribution in [2.24, 2.45) is 7.05 Å². The van der Waals surface area contributed by atoms with Gasteiger partial charge < -0.3 is 10.1 Å². The molecule has 0 aliphatic heterocycles. The van der Waals surface area contributed by atoms with E-state index in [-0.39, 0.29) is 0 Å². The monoisotopic (exact) mass is 237 g/mol. The van der Waals surface area contributed by atoms with Crippen molar-refractivity contribution in [3.05, 3.63) is 12.4 Å². The first-order chi connectivity index (χ1) is 8.34. The Kier molecular flexibility index (Phi) is 4.86. The van der Waals surface area contributed by atoms with Gasteiger partial charge in [0.1, 0.15) is 0 Å². The molecule has 0 aromatic carbocycles. The van der Waals surface area contributed by atoms with E-state index in [2.05, 4.69) is 10.4 Å². The molecule has 1 aliphatic carbocycles. The van der Waals surface area contributed by atoms with E-state index in [1.165, 1.54) is 32.1 Å². The molecule has 0 atom stereocenters. The molecule has 4 nitrogen and oxygen atoms in total. The molecule has 17 heavy (non-hydrogen) atoms. The van der Waals surface area contributed by atoms with E-state index in [1.54, 1.807) is 10.9 Å². The Balaban J connectivity index is 1.51. The Bertz CT molecular complexity index is 318. The van der Waals surface area contributed by atoms with Gasteiger partial charge in [0.15, 0.2) is 5.75 Å². The molecular formula is C13H23N3O. The van der Waals surface area contributed by atoms with Crippen molar-refractivity contribution in [2.75, 3.05) is 13.2 Å². The first kappa shape index (κ1) is 12.4. The Hall–Kier alpha value is -1.03. The lowest BCUT2D eigenvalue weighted by atomic mass is 9.95. The molecule has 0 saturated heterocycles. The fourth-order valence-electron chi connectivity index (χ4n) is 2.35. The molecule has 1 fully saturated rings. The lowest BCUT2D eigenvalue weighted by Crippen LogP contribution is -2.32. The third-order valence-electron chi connectivity index (χ3n) is 3.31. The van der Waals surface area contributed by atoms with Crippen LogP contribution < -0.4 is 10.1 Å². The Morgan fingerprint density at radius 2 is 2.24 bits per heavy atom. The molecule has 1 aliphatic rings. The maximum Gasteiger partial charge on any atom is 0.157 e. The summed E-state index contributed by atoms with van der Waals surface area (Å²) in [5, 5.41) is 7.68. The van der Waals surface area contributed by atoms with Gasteiger partial charge in [-0.2, -0.15) is 5.10 Å². The van der Waals surface area contributed by atoms with Gasteiger partial charge in [-0.3, -0.25) is 4.68 Å². The fourth-order valence-corrected chi connectivity index (χ4v) is 2.35. The smallest absolute Gasteiger partial charge is 0.157 e. The fraction of sp³-hybridized carbons (Fsp3) is 0.769. The van der Waals surface area contributed by atoms with Crippen molar-refractivity contribution in [3.63, 3.8) is 0 Å². The first-order valence-electron chi connectivity index (χ1n) is 6.69. The first-order valence-corrected chi connectivity index (χ1v) is 6.69. The second-order valence-electron chi connectivity index (χ2n) is 4.84. The number of aryl methyl sites for hydroxylation is 1. The summed E-state index contributed by atoms with van der Waals surface area (Å²) >= 11 is 0. The number of hydrogen-bond acceptors (Lipinski definition) is 3. The molecular weight excluding hydrogens is 214 g/mol. The number of ether oxygens (including phenoxy) is 1. The summed E-state index contributed by atoms with van der Waals surface area (Å²) in [5.41, 5.74) is 0. The zero-order valence-electron chi connectivity index (χ0n) is 10.7. The summed E-state index contributed by atoms with van der Waals surface area (Å²) < 4.78 is 7.35.